The molecule has 2 amide bonds. The van der Waals surface area contributed by atoms with Crippen molar-refractivity contribution < 1.29 is 9.59 Å². The molecule has 2 rings (SSSR count). The number of para-hydroxylation sites is 1. The highest BCUT2D eigenvalue weighted by atomic mass is 16.2. The molecular formula is C20H25N3O2. The summed E-state index contributed by atoms with van der Waals surface area (Å²) < 4.78 is 0. The minimum Gasteiger partial charge on any atom is -0.350 e. The van der Waals surface area contributed by atoms with Crippen LogP contribution in [0.3, 0.4) is 0 Å². The average molecular weight is 339 g/mol. The zero-order valence-corrected chi connectivity index (χ0v) is 15.2. The molecule has 0 bridgehead atoms. The van der Waals surface area contributed by atoms with Gasteiger partial charge in [-0.15, -0.1) is 0 Å². The van der Waals surface area contributed by atoms with Crippen molar-refractivity contribution >= 4 is 17.5 Å². The Bertz CT molecular complexity index is 755. The average Bonchev–Trinajstić information content (AvgIpc) is 2.61. The van der Waals surface area contributed by atoms with E-state index in [0.29, 0.717) is 6.54 Å². The van der Waals surface area contributed by atoms with Gasteiger partial charge in [-0.2, -0.15) is 0 Å². The number of aryl methyl sites for hydroxylation is 2. The molecule has 0 fully saturated rings. The zero-order chi connectivity index (χ0) is 18.4. The summed E-state index contributed by atoms with van der Waals surface area (Å²) in [7, 11) is 0. The number of pyridine rings is 1. The van der Waals surface area contributed by atoms with Crippen LogP contribution in [0.2, 0.25) is 0 Å². The summed E-state index contributed by atoms with van der Waals surface area (Å²) in [4.78, 5) is 29.4. The monoisotopic (exact) mass is 339 g/mol. The molecule has 5 heteroatoms. The van der Waals surface area contributed by atoms with Crippen LogP contribution in [0.15, 0.2) is 42.6 Å². The standard InChI is InChI=1S/C20H25N3O2/c1-5-15-10-8-9-14(2)17(15)23-19(25)20(3,4)18(24)22-13-16-11-6-7-12-21-16/h6-12H,5,13H2,1-4H3,(H,22,24)(H,23,25). The van der Waals surface area contributed by atoms with E-state index in [2.05, 4.69) is 15.6 Å². The molecule has 2 aromatic rings. The lowest BCUT2D eigenvalue weighted by Gasteiger charge is -2.24. The Balaban J connectivity index is 2.08. The Morgan fingerprint density at radius 2 is 1.84 bits per heavy atom. The predicted octanol–water partition coefficient (Wildman–Crippen LogP) is 3.23. The number of hydrogen-bond acceptors (Lipinski definition) is 3. The fourth-order valence-electron chi connectivity index (χ4n) is 2.47. The first kappa shape index (κ1) is 18.6. The molecule has 0 aliphatic heterocycles. The van der Waals surface area contributed by atoms with Gasteiger partial charge in [0.2, 0.25) is 11.8 Å². The molecule has 0 spiro atoms. The molecule has 2 N–H and O–H groups in total. The van der Waals surface area contributed by atoms with Crippen LogP contribution in [0.1, 0.15) is 37.6 Å². The van der Waals surface area contributed by atoms with Gasteiger partial charge in [-0.25, -0.2) is 0 Å². The van der Waals surface area contributed by atoms with Crippen LogP contribution < -0.4 is 10.6 Å². The Morgan fingerprint density at radius 3 is 2.48 bits per heavy atom. The smallest absolute Gasteiger partial charge is 0.239 e. The van der Waals surface area contributed by atoms with Crippen LogP contribution >= 0.6 is 0 Å². The first-order valence-corrected chi connectivity index (χ1v) is 8.44. The number of amides is 2. The molecule has 1 heterocycles. The van der Waals surface area contributed by atoms with Crippen LogP contribution in [0.4, 0.5) is 5.69 Å². The van der Waals surface area contributed by atoms with Crippen LogP contribution in [0.25, 0.3) is 0 Å². The number of benzene rings is 1. The predicted molar refractivity (Wildman–Crippen MR) is 99.1 cm³/mol. The number of nitrogens with zero attached hydrogens (tertiary/aromatic N) is 1. The van der Waals surface area contributed by atoms with Crippen LogP contribution in [-0.4, -0.2) is 16.8 Å². The zero-order valence-electron chi connectivity index (χ0n) is 15.2. The molecule has 0 atom stereocenters. The van der Waals surface area contributed by atoms with Gasteiger partial charge in [-0.3, -0.25) is 14.6 Å². The molecule has 5 nitrogen and oxygen atoms in total. The number of hydrogen-bond donors (Lipinski definition) is 2. The summed E-state index contributed by atoms with van der Waals surface area (Å²) in [5.41, 5.74) is 2.39. The number of nitrogens with one attached hydrogen (secondary N) is 2. The first-order valence-electron chi connectivity index (χ1n) is 8.44. The van der Waals surface area contributed by atoms with Gasteiger partial charge < -0.3 is 10.6 Å². The van der Waals surface area contributed by atoms with Crippen molar-refractivity contribution in [2.45, 2.75) is 40.7 Å². The maximum absolute atomic E-state index is 12.7. The summed E-state index contributed by atoms with van der Waals surface area (Å²) in [6.07, 6.45) is 2.48. The van der Waals surface area contributed by atoms with E-state index < -0.39 is 5.41 Å². The normalized spacial score (nSPS) is 11.0. The Kier molecular flexibility index (Phi) is 5.91. The third kappa shape index (κ3) is 4.44. The van der Waals surface area contributed by atoms with Crippen molar-refractivity contribution in [2.75, 3.05) is 5.32 Å². The Morgan fingerprint density at radius 1 is 1.08 bits per heavy atom. The van der Waals surface area contributed by atoms with E-state index in [1.807, 2.05) is 50.2 Å². The fraction of sp³-hybridized carbons (Fsp3) is 0.350. The topological polar surface area (TPSA) is 71.1 Å². The van der Waals surface area contributed by atoms with E-state index >= 15 is 0 Å². The lowest BCUT2D eigenvalue weighted by Crippen LogP contribution is -2.45. The number of aromatic nitrogens is 1. The molecule has 1 aromatic heterocycles. The molecule has 25 heavy (non-hydrogen) atoms. The summed E-state index contributed by atoms with van der Waals surface area (Å²) in [6, 6.07) is 11.4. The van der Waals surface area contributed by atoms with Crippen molar-refractivity contribution in [3.05, 3.63) is 59.4 Å². The van der Waals surface area contributed by atoms with Gasteiger partial charge >= 0.3 is 0 Å². The first-order chi connectivity index (χ1) is 11.9. The third-order valence-electron chi connectivity index (χ3n) is 4.27. The van der Waals surface area contributed by atoms with Gasteiger partial charge in [0.1, 0.15) is 5.41 Å². The minimum absolute atomic E-state index is 0.293. The number of carbonyl (C=O) groups is 2. The molecule has 1 aromatic carbocycles. The lowest BCUT2D eigenvalue weighted by molar-refractivity contribution is -0.138. The van der Waals surface area contributed by atoms with Crippen molar-refractivity contribution in [1.82, 2.24) is 10.3 Å². The van der Waals surface area contributed by atoms with E-state index in [9.17, 15) is 9.59 Å². The van der Waals surface area contributed by atoms with Crippen molar-refractivity contribution in [3.8, 4) is 0 Å². The molecular weight excluding hydrogens is 314 g/mol. The number of carbonyl (C=O) groups excluding carboxylic acids is 2. The second kappa shape index (κ2) is 7.92. The second-order valence-electron chi connectivity index (χ2n) is 6.55. The van der Waals surface area contributed by atoms with Crippen molar-refractivity contribution in [2.24, 2.45) is 5.41 Å². The van der Waals surface area contributed by atoms with E-state index in [1.54, 1.807) is 20.0 Å². The maximum atomic E-state index is 12.7. The molecule has 0 saturated heterocycles. The molecule has 0 aliphatic carbocycles. The van der Waals surface area contributed by atoms with Crippen molar-refractivity contribution in [1.29, 1.82) is 0 Å². The van der Waals surface area contributed by atoms with Gasteiger partial charge in [0.15, 0.2) is 0 Å². The van der Waals surface area contributed by atoms with Crippen molar-refractivity contribution in [3.63, 3.8) is 0 Å². The molecule has 132 valence electrons. The summed E-state index contributed by atoms with van der Waals surface area (Å²) in [5.74, 6) is -0.655. The van der Waals surface area contributed by atoms with Gasteiger partial charge in [-0.1, -0.05) is 31.2 Å². The van der Waals surface area contributed by atoms with E-state index in [1.165, 1.54) is 0 Å². The van der Waals surface area contributed by atoms with E-state index in [-0.39, 0.29) is 11.8 Å². The fourth-order valence-corrected chi connectivity index (χ4v) is 2.47. The molecule has 0 aliphatic rings. The number of rotatable bonds is 6. The number of anilines is 1. The summed E-state index contributed by atoms with van der Waals surface area (Å²) in [6.45, 7) is 7.53. The highest BCUT2D eigenvalue weighted by molar-refractivity contribution is 6.10. The highest BCUT2D eigenvalue weighted by Crippen LogP contribution is 2.25. The quantitative estimate of drug-likeness (QED) is 0.794. The Hall–Kier alpha value is -2.69. The summed E-state index contributed by atoms with van der Waals surface area (Å²) in [5, 5.41) is 5.72. The van der Waals surface area contributed by atoms with E-state index in [4.69, 9.17) is 0 Å². The Labute approximate surface area is 148 Å². The van der Waals surface area contributed by atoms with Gasteiger partial charge in [0.05, 0.1) is 12.2 Å². The third-order valence-corrected chi connectivity index (χ3v) is 4.27. The van der Waals surface area contributed by atoms with E-state index in [0.717, 1.165) is 28.9 Å². The van der Waals surface area contributed by atoms with Gasteiger partial charge in [0, 0.05) is 11.9 Å². The largest absolute Gasteiger partial charge is 0.350 e. The molecule has 0 saturated carbocycles. The summed E-state index contributed by atoms with van der Waals surface area (Å²) >= 11 is 0. The molecule has 0 radical (unpaired) electrons. The highest BCUT2D eigenvalue weighted by Gasteiger charge is 2.36. The molecule has 0 unspecified atom stereocenters. The minimum atomic E-state index is -1.19. The lowest BCUT2D eigenvalue weighted by atomic mass is 9.90. The van der Waals surface area contributed by atoms with Crippen LogP contribution in [0, 0.1) is 12.3 Å². The van der Waals surface area contributed by atoms with Crippen LogP contribution in [0.5, 0.6) is 0 Å². The SMILES string of the molecule is CCc1cccc(C)c1NC(=O)C(C)(C)C(=O)NCc1ccccn1. The second-order valence-corrected chi connectivity index (χ2v) is 6.55. The van der Waals surface area contributed by atoms with Gasteiger partial charge in [0.25, 0.3) is 0 Å². The maximum Gasteiger partial charge on any atom is 0.239 e. The van der Waals surface area contributed by atoms with Gasteiger partial charge in [-0.05, 0) is 50.5 Å². The van der Waals surface area contributed by atoms with Crippen LogP contribution in [-0.2, 0) is 22.6 Å².